The van der Waals surface area contributed by atoms with Crippen molar-refractivity contribution in [2.75, 3.05) is 14.2 Å². The highest BCUT2D eigenvalue weighted by atomic mass is 16.5. The lowest BCUT2D eigenvalue weighted by molar-refractivity contribution is -0.144. The summed E-state index contributed by atoms with van der Waals surface area (Å²) in [6.45, 7) is 3.84. The van der Waals surface area contributed by atoms with Gasteiger partial charge in [0.2, 0.25) is 0 Å². The minimum atomic E-state index is -0.486. The van der Waals surface area contributed by atoms with E-state index in [4.69, 9.17) is 4.74 Å². The van der Waals surface area contributed by atoms with E-state index in [0.29, 0.717) is 0 Å². The number of esters is 1. The van der Waals surface area contributed by atoms with Gasteiger partial charge < -0.3 is 9.47 Å². The van der Waals surface area contributed by atoms with Crippen LogP contribution >= 0.6 is 0 Å². The molecule has 0 aromatic carbocycles. The molecule has 0 saturated carbocycles. The number of ether oxygens (including phenoxy) is 2. The molecule has 0 aliphatic rings. The van der Waals surface area contributed by atoms with Crippen LogP contribution in [0.2, 0.25) is 0 Å². The Bertz CT molecular complexity index is 333. The van der Waals surface area contributed by atoms with Gasteiger partial charge in [-0.2, -0.15) is 5.10 Å². The first-order chi connectivity index (χ1) is 7.51. The molecule has 0 fully saturated rings. The van der Waals surface area contributed by atoms with Crippen molar-refractivity contribution in [3.8, 4) is 0 Å². The molecule has 5 heteroatoms. The molecular formula is C11H18N2O3. The fraction of sp³-hybridized carbons (Fsp3) is 0.636. The van der Waals surface area contributed by atoms with E-state index in [9.17, 15) is 4.79 Å². The van der Waals surface area contributed by atoms with Crippen LogP contribution in [0.1, 0.15) is 26.3 Å². The maximum Gasteiger partial charge on any atom is 0.307 e. The quantitative estimate of drug-likeness (QED) is 0.712. The average Bonchev–Trinajstić information content (AvgIpc) is 2.78. The van der Waals surface area contributed by atoms with Crippen molar-refractivity contribution in [3.63, 3.8) is 0 Å². The van der Waals surface area contributed by atoms with Crippen LogP contribution in [0, 0.1) is 0 Å². The molecule has 0 bridgehead atoms. The molecule has 5 nitrogen and oxygen atoms in total. The van der Waals surface area contributed by atoms with Crippen molar-refractivity contribution in [2.45, 2.75) is 31.9 Å². The first-order valence-electron chi connectivity index (χ1n) is 5.12. The predicted molar refractivity (Wildman–Crippen MR) is 59.0 cm³/mol. The van der Waals surface area contributed by atoms with Crippen molar-refractivity contribution >= 4 is 5.97 Å². The molecule has 0 aliphatic carbocycles. The molecule has 1 heterocycles. The molecule has 16 heavy (non-hydrogen) atoms. The fourth-order valence-corrected chi connectivity index (χ4v) is 1.50. The maximum absolute atomic E-state index is 11.4. The Morgan fingerprint density at radius 3 is 2.62 bits per heavy atom. The van der Waals surface area contributed by atoms with Crippen LogP contribution in [0.25, 0.3) is 0 Å². The number of methoxy groups -OCH3 is 2. The summed E-state index contributed by atoms with van der Waals surface area (Å²) < 4.78 is 11.8. The molecule has 0 aliphatic heterocycles. The number of hydrogen-bond acceptors (Lipinski definition) is 4. The molecular weight excluding hydrogens is 208 g/mol. The molecule has 1 unspecified atom stereocenters. The van der Waals surface area contributed by atoms with E-state index in [1.165, 1.54) is 7.11 Å². The van der Waals surface area contributed by atoms with Crippen molar-refractivity contribution in [1.29, 1.82) is 0 Å². The topological polar surface area (TPSA) is 53.4 Å². The van der Waals surface area contributed by atoms with Crippen molar-refractivity contribution in [2.24, 2.45) is 0 Å². The highest BCUT2D eigenvalue weighted by Crippen LogP contribution is 2.28. The zero-order chi connectivity index (χ0) is 12.2. The van der Waals surface area contributed by atoms with Crippen molar-refractivity contribution in [3.05, 3.63) is 18.5 Å². The van der Waals surface area contributed by atoms with E-state index < -0.39 is 5.60 Å². The standard InChI is InChI=1S/C11H18N2O3/c1-11(2,16-4)9(8-10(14)15-3)13-7-5-6-12-13/h5-7,9H,8H2,1-4H3. The summed E-state index contributed by atoms with van der Waals surface area (Å²) in [4.78, 5) is 11.4. The number of carbonyl (C=O) groups excluding carboxylic acids is 1. The van der Waals surface area contributed by atoms with E-state index in [2.05, 4.69) is 9.84 Å². The van der Waals surface area contributed by atoms with Gasteiger partial charge in [-0.3, -0.25) is 9.48 Å². The Labute approximate surface area is 95.3 Å². The zero-order valence-electron chi connectivity index (χ0n) is 10.1. The van der Waals surface area contributed by atoms with Gasteiger partial charge in [-0.05, 0) is 19.9 Å². The summed E-state index contributed by atoms with van der Waals surface area (Å²) in [5.74, 6) is -0.273. The number of rotatable bonds is 5. The highest BCUT2D eigenvalue weighted by Gasteiger charge is 2.33. The van der Waals surface area contributed by atoms with E-state index in [1.807, 2.05) is 26.1 Å². The second-order valence-corrected chi connectivity index (χ2v) is 4.09. The lowest BCUT2D eigenvalue weighted by Gasteiger charge is -2.32. The third kappa shape index (κ3) is 2.82. The molecule has 0 spiro atoms. The summed E-state index contributed by atoms with van der Waals surface area (Å²) >= 11 is 0. The summed E-state index contributed by atoms with van der Waals surface area (Å²) in [7, 11) is 3.00. The van der Waals surface area contributed by atoms with Gasteiger partial charge in [-0.15, -0.1) is 0 Å². The third-order valence-electron chi connectivity index (χ3n) is 2.76. The fourth-order valence-electron chi connectivity index (χ4n) is 1.50. The van der Waals surface area contributed by atoms with Crippen LogP contribution in [-0.4, -0.2) is 35.6 Å². The second-order valence-electron chi connectivity index (χ2n) is 4.09. The first-order valence-corrected chi connectivity index (χ1v) is 5.12. The molecule has 90 valence electrons. The van der Waals surface area contributed by atoms with Crippen molar-refractivity contribution in [1.82, 2.24) is 9.78 Å². The molecule has 0 N–H and O–H groups in total. The molecule has 0 radical (unpaired) electrons. The lowest BCUT2D eigenvalue weighted by Crippen LogP contribution is -2.37. The van der Waals surface area contributed by atoms with Gasteiger partial charge in [0, 0.05) is 19.5 Å². The molecule has 1 aromatic rings. The van der Waals surface area contributed by atoms with Gasteiger partial charge in [-0.25, -0.2) is 0 Å². The third-order valence-corrected chi connectivity index (χ3v) is 2.76. The number of aromatic nitrogens is 2. The molecule has 1 atom stereocenters. The van der Waals surface area contributed by atoms with Gasteiger partial charge >= 0.3 is 5.97 Å². The Balaban J connectivity index is 2.90. The summed E-state index contributed by atoms with van der Waals surface area (Å²) in [6.07, 6.45) is 3.73. The van der Waals surface area contributed by atoms with Crippen LogP contribution in [0.5, 0.6) is 0 Å². The van der Waals surface area contributed by atoms with Crippen molar-refractivity contribution < 1.29 is 14.3 Å². The van der Waals surface area contributed by atoms with E-state index in [-0.39, 0.29) is 18.4 Å². The van der Waals surface area contributed by atoms with Gasteiger partial charge in [0.25, 0.3) is 0 Å². The Morgan fingerprint density at radius 2 is 2.19 bits per heavy atom. The minimum absolute atomic E-state index is 0.181. The first kappa shape index (κ1) is 12.7. The summed E-state index contributed by atoms with van der Waals surface area (Å²) in [5, 5.41) is 4.15. The number of hydrogen-bond donors (Lipinski definition) is 0. The minimum Gasteiger partial charge on any atom is -0.469 e. The molecule has 1 aromatic heterocycles. The van der Waals surface area contributed by atoms with Crippen LogP contribution in [0.15, 0.2) is 18.5 Å². The average molecular weight is 226 g/mol. The van der Waals surface area contributed by atoms with Crippen LogP contribution in [-0.2, 0) is 14.3 Å². The van der Waals surface area contributed by atoms with E-state index in [0.717, 1.165) is 0 Å². The molecule has 0 amide bonds. The van der Waals surface area contributed by atoms with Gasteiger partial charge in [0.05, 0.1) is 25.2 Å². The highest BCUT2D eigenvalue weighted by molar-refractivity contribution is 5.69. The Morgan fingerprint density at radius 1 is 1.50 bits per heavy atom. The SMILES string of the molecule is COC(=O)CC(n1cccn1)C(C)(C)OC. The van der Waals surface area contributed by atoms with E-state index in [1.54, 1.807) is 18.0 Å². The number of carbonyl (C=O) groups is 1. The van der Waals surface area contributed by atoms with E-state index >= 15 is 0 Å². The molecule has 0 saturated heterocycles. The van der Waals surface area contributed by atoms with Gasteiger partial charge in [-0.1, -0.05) is 0 Å². The predicted octanol–water partition coefficient (Wildman–Crippen LogP) is 1.41. The number of nitrogens with zero attached hydrogens (tertiary/aromatic N) is 2. The lowest BCUT2D eigenvalue weighted by atomic mass is 9.96. The Kier molecular flexibility index (Phi) is 4.06. The molecule has 1 rings (SSSR count). The van der Waals surface area contributed by atoms with Crippen LogP contribution in [0.4, 0.5) is 0 Å². The van der Waals surface area contributed by atoms with Gasteiger partial charge in [0.15, 0.2) is 0 Å². The Hall–Kier alpha value is -1.36. The van der Waals surface area contributed by atoms with Gasteiger partial charge in [0.1, 0.15) is 0 Å². The normalized spacial score (nSPS) is 13.5. The second kappa shape index (κ2) is 5.12. The summed E-state index contributed by atoms with van der Waals surface area (Å²) in [6, 6.07) is 1.63. The summed E-state index contributed by atoms with van der Waals surface area (Å²) in [5.41, 5.74) is -0.486. The van der Waals surface area contributed by atoms with Crippen LogP contribution in [0.3, 0.4) is 0 Å². The van der Waals surface area contributed by atoms with Crippen LogP contribution < -0.4 is 0 Å². The smallest absolute Gasteiger partial charge is 0.307 e. The maximum atomic E-state index is 11.4. The zero-order valence-corrected chi connectivity index (χ0v) is 10.1. The largest absolute Gasteiger partial charge is 0.469 e. The monoisotopic (exact) mass is 226 g/mol.